The third-order valence-electron chi connectivity index (χ3n) is 4.20. The van der Waals surface area contributed by atoms with Gasteiger partial charge in [0.1, 0.15) is 6.04 Å². The summed E-state index contributed by atoms with van der Waals surface area (Å²) in [6.07, 6.45) is 2.26. The molecule has 0 radical (unpaired) electrons. The third-order valence-corrected chi connectivity index (χ3v) is 5.70. The van der Waals surface area contributed by atoms with E-state index >= 15 is 0 Å². The van der Waals surface area contributed by atoms with Gasteiger partial charge >= 0.3 is 0 Å². The first-order valence-electron chi connectivity index (χ1n) is 6.99. The van der Waals surface area contributed by atoms with Gasteiger partial charge in [0, 0.05) is 24.6 Å². The highest BCUT2D eigenvalue weighted by Gasteiger charge is 2.52. The van der Waals surface area contributed by atoms with Crippen LogP contribution in [0.4, 0.5) is 0 Å². The van der Waals surface area contributed by atoms with Crippen LogP contribution in [0.15, 0.2) is 4.52 Å². The SMILES string of the molecule is CNC(C)Cc1noc(C2CSC3(C)CCC(=O)N23)n1. The van der Waals surface area contributed by atoms with Crippen molar-refractivity contribution in [2.45, 2.75) is 50.1 Å². The summed E-state index contributed by atoms with van der Waals surface area (Å²) in [7, 11) is 1.91. The van der Waals surface area contributed by atoms with Crippen LogP contribution in [0, 0.1) is 0 Å². The van der Waals surface area contributed by atoms with Crippen LogP contribution in [-0.4, -0.2) is 44.7 Å². The van der Waals surface area contributed by atoms with Gasteiger partial charge in [0.15, 0.2) is 5.82 Å². The Kier molecular flexibility index (Phi) is 3.50. The third kappa shape index (κ3) is 2.22. The molecule has 0 aliphatic carbocycles. The zero-order valence-corrected chi connectivity index (χ0v) is 12.9. The van der Waals surface area contributed by atoms with Gasteiger partial charge in [-0.15, -0.1) is 11.8 Å². The first-order chi connectivity index (χ1) is 9.53. The molecule has 7 heteroatoms. The van der Waals surface area contributed by atoms with Crippen LogP contribution >= 0.6 is 11.8 Å². The van der Waals surface area contributed by atoms with E-state index < -0.39 is 0 Å². The zero-order chi connectivity index (χ0) is 14.3. The average Bonchev–Trinajstić information content (AvgIpc) is 3.07. The van der Waals surface area contributed by atoms with E-state index in [9.17, 15) is 4.79 Å². The van der Waals surface area contributed by atoms with Crippen molar-refractivity contribution in [2.75, 3.05) is 12.8 Å². The Balaban J connectivity index is 1.78. The highest BCUT2D eigenvalue weighted by molar-refractivity contribution is 8.00. The van der Waals surface area contributed by atoms with Gasteiger partial charge in [0.05, 0.1) is 4.87 Å². The number of amides is 1. The van der Waals surface area contributed by atoms with Gasteiger partial charge < -0.3 is 14.7 Å². The first-order valence-corrected chi connectivity index (χ1v) is 7.98. The predicted octanol–water partition coefficient (Wildman–Crippen LogP) is 1.35. The van der Waals surface area contributed by atoms with Gasteiger partial charge in [-0.2, -0.15) is 4.98 Å². The van der Waals surface area contributed by atoms with Crippen molar-refractivity contribution in [3.63, 3.8) is 0 Å². The molecule has 0 bridgehead atoms. The van der Waals surface area contributed by atoms with E-state index in [1.807, 2.05) is 23.7 Å². The van der Waals surface area contributed by atoms with Crippen molar-refractivity contribution < 1.29 is 9.32 Å². The predicted molar refractivity (Wildman–Crippen MR) is 76.2 cm³/mol. The van der Waals surface area contributed by atoms with E-state index in [2.05, 4.69) is 29.3 Å². The van der Waals surface area contributed by atoms with Crippen molar-refractivity contribution >= 4 is 17.7 Å². The van der Waals surface area contributed by atoms with E-state index in [0.717, 1.165) is 18.6 Å². The lowest BCUT2D eigenvalue weighted by Gasteiger charge is -2.28. The number of likely N-dealkylation sites (N-methyl/N-ethyl adjacent to an activating group) is 1. The van der Waals surface area contributed by atoms with Crippen molar-refractivity contribution in [3.05, 3.63) is 11.7 Å². The second kappa shape index (κ2) is 5.04. The van der Waals surface area contributed by atoms with Crippen LogP contribution in [-0.2, 0) is 11.2 Å². The van der Waals surface area contributed by atoms with E-state index in [4.69, 9.17) is 4.52 Å². The molecule has 3 heterocycles. The smallest absolute Gasteiger partial charge is 0.250 e. The van der Waals surface area contributed by atoms with E-state index in [-0.39, 0.29) is 16.8 Å². The fourth-order valence-corrected chi connectivity index (χ4v) is 4.29. The summed E-state index contributed by atoms with van der Waals surface area (Å²) in [6, 6.07) is 0.239. The van der Waals surface area contributed by atoms with Gasteiger partial charge in [0.25, 0.3) is 0 Å². The molecule has 3 atom stereocenters. The molecule has 2 saturated heterocycles. The summed E-state index contributed by atoms with van der Waals surface area (Å²) in [5, 5.41) is 7.19. The van der Waals surface area contributed by atoms with Crippen LogP contribution in [0.1, 0.15) is 44.4 Å². The molecule has 6 nitrogen and oxygen atoms in total. The van der Waals surface area contributed by atoms with Crippen LogP contribution in [0.25, 0.3) is 0 Å². The molecule has 3 rings (SSSR count). The number of nitrogens with zero attached hydrogens (tertiary/aromatic N) is 3. The Morgan fingerprint density at radius 1 is 1.65 bits per heavy atom. The molecule has 20 heavy (non-hydrogen) atoms. The van der Waals surface area contributed by atoms with Crippen molar-refractivity contribution in [1.82, 2.24) is 20.4 Å². The topological polar surface area (TPSA) is 71.3 Å². The molecule has 2 aliphatic heterocycles. The molecule has 0 aromatic carbocycles. The molecule has 0 spiro atoms. The standard InChI is InChI=1S/C13H20N4O2S/c1-8(14-3)6-10-15-12(19-16-10)9-7-20-13(2)5-4-11(18)17(9)13/h8-9,14H,4-7H2,1-3H3. The number of hydrogen-bond acceptors (Lipinski definition) is 6. The Hall–Kier alpha value is -1.08. The van der Waals surface area contributed by atoms with E-state index in [1.165, 1.54) is 0 Å². The van der Waals surface area contributed by atoms with Gasteiger partial charge in [-0.1, -0.05) is 5.16 Å². The molecule has 2 aliphatic rings. The fourth-order valence-electron chi connectivity index (χ4n) is 2.87. The summed E-state index contributed by atoms with van der Waals surface area (Å²) in [5.74, 6) is 2.32. The molecule has 1 aromatic rings. The summed E-state index contributed by atoms with van der Waals surface area (Å²) in [4.78, 5) is 18.4. The molecule has 1 amide bonds. The Morgan fingerprint density at radius 3 is 3.20 bits per heavy atom. The van der Waals surface area contributed by atoms with Crippen LogP contribution in [0.3, 0.4) is 0 Å². The molecule has 110 valence electrons. The number of nitrogens with one attached hydrogen (secondary N) is 1. The fraction of sp³-hybridized carbons (Fsp3) is 0.769. The molecule has 2 fully saturated rings. The van der Waals surface area contributed by atoms with Gasteiger partial charge in [-0.05, 0) is 27.3 Å². The summed E-state index contributed by atoms with van der Waals surface area (Å²) in [5.41, 5.74) is 0. The summed E-state index contributed by atoms with van der Waals surface area (Å²) >= 11 is 1.81. The lowest BCUT2D eigenvalue weighted by molar-refractivity contribution is -0.131. The maximum absolute atomic E-state index is 12.1. The van der Waals surface area contributed by atoms with Crippen LogP contribution in [0.5, 0.6) is 0 Å². The number of hydrogen-bond donors (Lipinski definition) is 1. The molecular formula is C13H20N4O2S. The quantitative estimate of drug-likeness (QED) is 0.904. The highest BCUT2D eigenvalue weighted by atomic mass is 32.2. The summed E-state index contributed by atoms with van der Waals surface area (Å²) in [6.45, 7) is 4.20. The maximum atomic E-state index is 12.1. The van der Waals surface area contributed by atoms with Crippen LogP contribution < -0.4 is 5.32 Å². The molecule has 1 aromatic heterocycles. The minimum absolute atomic E-state index is 0.0638. The second-order valence-corrected chi connectivity index (χ2v) is 7.21. The number of aromatic nitrogens is 2. The number of rotatable bonds is 4. The lowest BCUT2D eigenvalue weighted by Crippen LogP contribution is -2.37. The zero-order valence-electron chi connectivity index (χ0n) is 12.0. The average molecular weight is 296 g/mol. The molecule has 1 N–H and O–H groups in total. The Morgan fingerprint density at radius 2 is 2.45 bits per heavy atom. The number of thioether (sulfide) groups is 1. The first kappa shape index (κ1) is 13.9. The normalized spacial score (nSPS) is 30.9. The Bertz CT molecular complexity index is 520. The molecular weight excluding hydrogens is 276 g/mol. The Labute approximate surface area is 122 Å². The highest BCUT2D eigenvalue weighted by Crippen LogP contribution is 2.51. The number of carbonyl (C=O) groups excluding carboxylic acids is 1. The maximum Gasteiger partial charge on any atom is 0.250 e. The minimum Gasteiger partial charge on any atom is -0.337 e. The molecule has 0 saturated carbocycles. The van der Waals surface area contributed by atoms with Crippen molar-refractivity contribution in [2.24, 2.45) is 0 Å². The van der Waals surface area contributed by atoms with Gasteiger partial charge in [0.2, 0.25) is 11.8 Å². The van der Waals surface area contributed by atoms with Gasteiger partial charge in [-0.3, -0.25) is 4.79 Å². The number of carbonyl (C=O) groups is 1. The number of fused-ring (bicyclic) bond motifs is 1. The van der Waals surface area contributed by atoms with E-state index in [1.54, 1.807) is 0 Å². The van der Waals surface area contributed by atoms with Crippen LogP contribution in [0.2, 0.25) is 0 Å². The van der Waals surface area contributed by atoms with Gasteiger partial charge in [-0.25, -0.2) is 0 Å². The van der Waals surface area contributed by atoms with E-state index in [0.29, 0.717) is 24.2 Å². The minimum atomic E-state index is -0.0886. The summed E-state index contributed by atoms with van der Waals surface area (Å²) < 4.78 is 5.40. The largest absolute Gasteiger partial charge is 0.337 e. The molecule has 3 unspecified atom stereocenters. The second-order valence-electron chi connectivity index (χ2n) is 5.71. The lowest BCUT2D eigenvalue weighted by atomic mass is 10.2. The monoisotopic (exact) mass is 296 g/mol. The van der Waals surface area contributed by atoms with Crippen molar-refractivity contribution in [1.29, 1.82) is 0 Å². The van der Waals surface area contributed by atoms with Crippen molar-refractivity contribution in [3.8, 4) is 0 Å².